The van der Waals surface area contributed by atoms with Crippen LogP contribution in [0.15, 0.2) is 29.3 Å². The van der Waals surface area contributed by atoms with Gasteiger partial charge in [-0.15, -0.1) is 0 Å². The fourth-order valence-electron chi connectivity index (χ4n) is 2.07. The van der Waals surface area contributed by atoms with Crippen molar-refractivity contribution < 1.29 is 0 Å². The quantitative estimate of drug-likeness (QED) is 0.767. The molecule has 3 heteroatoms. The Morgan fingerprint density at radius 2 is 2.25 bits per heavy atom. The van der Waals surface area contributed by atoms with Crippen molar-refractivity contribution in [2.24, 2.45) is 5.92 Å². The first-order valence-corrected chi connectivity index (χ1v) is 5.70. The Morgan fingerprint density at radius 3 is 3.00 bits per heavy atom. The van der Waals surface area contributed by atoms with Gasteiger partial charge in [0.25, 0.3) is 5.56 Å². The maximum absolute atomic E-state index is 12.2. The molecule has 0 saturated heterocycles. The molecule has 0 unspecified atom stereocenters. The maximum atomic E-state index is 12.2. The number of nitrogens with zero attached hydrogens (tertiary/aromatic N) is 2. The molecular weight excluding hydrogens is 200 g/mol. The van der Waals surface area contributed by atoms with Crippen LogP contribution in [0.4, 0.5) is 0 Å². The lowest BCUT2D eigenvalue weighted by Crippen LogP contribution is -2.22. The zero-order valence-electron chi connectivity index (χ0n) is 9.31. The molecule has 0 radical (unpaired) electrons. The molecule has 0 bridgehead atoms. The van der Waals surface area contributed by atoms with Crippen LogP contribution in [-0.4, -0.2) is 9.55 Å². The van der Waals surface area contributed by atoms with Crippen molar-refractivity contribution >= 4 is 10.9 Å². The topological polar surface area (TPSA) is 34.9 Å². The molecule has 1 fully saturated rings. The summed E-state index contributed by atoms with van der Waals surface area (Å²) in [7, 11) is 0. The predicted octanol–water partition coefficient (Wildman–Crippen LogP) is 2.11. The molecule has 3 rings (SSSR count). The van der Waals surface area contributed by atoms with Gasteiger partial charge in [0.05, 0.1) is 17.2 Å². The first-order valence-electron chi connectivity index (χ1n) is 5.70. The summed E-state index contributed by atoms with van der Waals surface area (Å²) in [5.41, 5.74) is 1.92. The molecule has 0 amide bonds. The third-order valence-corrected chi connectivity index (χ3v) is 3.21. The van der Waals surface area contributed by atoms with Crippen LogP contribution in [0.2, 0.25) is 0 Å². The largest absolute Gasteiger partial charge is 0.298 e. The van der Waals surface area contributed by atoms with Crippen LogP contribution in [-0.2, 0) is 6.54 Å². The highest BCUT2D eigenvalue weighted by Gasteiger charge is 2.22. The van der Waals surface area contributed by atoms with E-state index >= 15 is 0 Å². The summed E-state index contributed by atoms with van der Waals surface area (Å²) in [6.45, 7) is 2.79. The van der Waals surface area contributed by atoms with E-state index in [0.29, 0.717) is 5.92 Å². The molecule has 16 heavy (non-hydrogen) atoms. The van der Waals surface area contributed by atoms with E-state index in [-0.39, 0.29) is 5.56 Å². The number of hydrogen-bond acceptors (Lipinski definition) is 2. The van der Waals surface area contributed by atoms with Crippen LogP contribution in [0.5, 0.6) is 0 Å². The fourth-order valence-corrected chi connectivity index (χ4v) is 2.07. The van der Waals surface area contributed by atoms with Crippen molar-refractivity contribution in [3.05, 3.63) is 40.4 Å². The number of aryl methyl sites for hydroxylation is 1. The van der Waals surface area contributed by atoms with E-state index in [0.717, 1.165) is 23.0 Å². The highest BCUT2D eigenvalue weighted by molar-refractivity contribution is 5.80. The van der Waals surface area contributed by atoms with Gasteiger partial charge < -0.3 is 0 Å². The first-order chi connectivity index (χ1) is 7.75. The smallest absolute Gasteiger partial charge is 0.261 e. The molecule has 3 nitrogen and oxygen atoms in total. The SMILES string of the molecule is Cc1cccc2ncn(CC3CC3)c(=O)c12. The third-order valence-electron chi connectivity index (χ3n) is 3.21. The zero-order valence-corrected chi connectivity index (χ0v) is 9.31. The minimum absolute atomic E-state index is 0.106. The Morgan fingerprint density at radius 1 is 1.44 bits per heavy atom. The molecule has 0 spiro atoms. The molecule has 1 aliphatic carbocycles. The van der Waals surface area contributed by atoms with Gasteiger partial charge in [0.1, 0.15) is 0 Å². The standard InChI is InChI=1S/C13H14N2O/c1-9-3-2-4-11-12(9)13(16)15(8-14-11)7-10-5-6-10/h2-4,8,10H,5-7H2,1H3. The second kappa shape index (κ2) is 3.44. The maximum Gasteiger partial charge on any atom is 0.261 e. The first kappa shape index (κ1) is 9.58. The van der Waals surface area contributed by atoms with Crippen molar-refractivity contribution in [1.29, 1.82) is 0 Å². The van der Waals surface area contributed by atoms with Gasteiger partial charge in [-0.05, 0) is 37.3 Å². The second-order valence-corrected chi connectivity index (χ2v) is 4.61. The van der Waals surface area contributed by atoms with Gasteiger partial charge in [0, 0.05) is 6.54 Å². The number of benzene rings is 1. The Hall–Kier alpha value is -1.64. The van der Waals surface area contributed by atoms with E-state index < -0.39 is 0 Å². The lowest BCUT2D eigenvalue weighted by atomic mass is 10.1. The number of rotatable bonds is 2. The van der Waals surface area contributed by atoms with Gasteiger partial charge in [-0.25, -0.2) is 4.98 Å². The van der Waals surface area contributed by atoms with Crippen molar-refractivity contribution in [2.45, 2.75) is 26.3 Å². The Kier molecular flexibility index (Phi) is 2.06. The van der Waals surface area contributed by atoms with Crippen molar-refractivity contribution in [3.8, 4) is 0 Å². The molecule has 1 aromatic heterocycles. The molecule has 82 valence electrons. The van der Waals surface area contributed by atoms with Crippen LogP contribution in [0.1, 0.15) is 18.4 Å². The lowest BCUT2D eigenvalue weighted by molar-refractivity contribution is 0.601. The van der Waals surface area contributed by atoms with Crippen LogP contribution >= 0.6 is 0 Å². The van der Waals surface area contributed by atoms with Crippen LogP contribution in [0, 0.1) is 12.8 Å². The highest BCUT2D eigenvalue weighted by atomic mass is 16.1. The minimum Gasteiger partial charge on any atom is -0.298 e. The molecular formula is C13H14N2O. The number of fused-ring (bicyclic) bond motifs is 1. The number of hydrogen-bond donors (Lipinski definition) is 0. The summed E-state index contributed by atoms with van der Waals surface area (Å²) in [4.78, 5) is 16.6. The molecule has 1 saturated carbocycles. The van der Waals surface area contributed by atoms with Crippen molar-refractivity contribution in [1.82, 2.24) is 9.55 Å². The van der Waals surface area contributed by atoms with Crippen molar-refractivity contribution in [3.63, 3.8) is 0 Å². The summed E-state index contributed by atoms with van der Waals surface area (Å²) in [5, 5.41) is 0.769. The van der Waals surface area contributed by atoms with Crippen molar-refractivity contribution in [2.75, 3.05) is 0 Å². The van der Waals surface area contributed by atoms with E-state index in [2.05, 4.69) is 4.98 Å². The molecule has 1 aliphatic rings. The molecule has 0 atom stereocenters. The number of aromatic nitrogens is 2. The van der Waals surface area contributed by atoms with Gasteiger partial charge in [0.2, 0.25) is 0 Å². The summed E-state index contributed by atoms with van der Waals surface area (Å²) in [6, 6.07) is 5.80. The zero-order chi connectivity index (χ0) is 11.1. The van der Waals surface area contributed by atoms with Crippen LogP contribution < -0.4 is 5.56 Å². The van der Waals surface area contributed by atoms with Gasteiger partial charge >= 0.3 is 0 Å². The van der Waals surface area contributed by atoms with Crippen LogP contribution in [0.25, 0.3) is 10.9 Å². The monoisotopic (exact) mass is 214 g/mol. The van der Waals surface area contributed by atoms with Gasteiger partial charge in [-0.2, -0.15) is 0 Å². The average Bonchev–Trinajstić information content (AvgIpc) is 3.06. The van der Waals surface area contributed by atoms with E-state index in [1.807, 2.05) is 25.1 Å². The van der Waals surface area contributed by atoms with Crippen LogP contribution in [0.3, 0.4) is 0 Å². The summed E-state index contributed by atoms with van der Waals surface area (Å²) in [6.07, 6.45) is 4.18. The van der Waals surface area contributed by atoms with Gasteiger partial charge in [0.15, 0.2) is 0 Å². The normalized spacial score (nSPS) is 15.6. The van der Waals surface area contributed by atoms with E-state index in [1.165, 1.54) is 12.8 Å². The molecule has 1 aromatic carbocycles. The van der Waals surface area contributed by atoms with E-state index in [4.69, 9.17) is 0 Å². The Labute approximate surface area is 93.7 Å². The second-order valence-electron chi connectivity index (χ2n) is 4.61. The molecule has 1 heterocycles. The summed E-state index contributed by atoms with van der Waals surface area (Å²) in [5.74, 6) is 0.695. The lowest BCUT2D eigenvalue weighted by Gasteiger charge is -2.06. The summed E-state index contributed by atoms with van der Waals surface area (Å²) >= 11 is 0. The minimum atomic E-state index is 0.106. The third kappa shape index (κ3) is 1.52. The molecule has 2 aromatic rings. The fraction of sp³-hybridized carbons (Fsp3) is 0.385. The van der Waals surface area contributed by atoms with Gasteiger partial charge in [-0.1, -0.05) is 12.1 Å². The van der Waals surface area contributed by atoms with Gasteiger partial charge in [-0.3, -0.25) is 9.36 Å². The predicted molar refractivity (Wildman–Crippen MR) is 63.5 cm³/mol. The average molecular weight is 214 g/mol. The molecule has 0 N–H and O–H groups in total. The van der Waals surface area contributed by atoms with E-state index in [1.54, 1.807) is 10.9 Å². The molecule has 0 aliphatic heterocycles. The Balaban J connectivity index is 2.21. The van der Waals surface area contributed by atoms with E-state index in [9.17, 15) is 4.79 Å². The highest BCUT2D eigenvalue weighted by Crippen LogP contribution is 2.30. The summed E-state index contributed by atoms with van der Waals surface area (Å²) < 4.78 is 1.76. The Bertz CT molecular complexity index is 596.